The van der Waals surface area contributed by atoms with E-state index in [1.165, 1.54) is 39.5 Å². The van der Waals surface area contributed by atoms with Gasteiger partial charge < -0.3 is 0 Å². The molecule has 0 nitrogen and oxygen atoms in total. The fraction of sp³-hybridized carbons (Fsp3) is 0.222. The van der Waals surface area contributed by atoms with Crippen molar-refractivity contribution in [2.75, 3.05) is 0 Å². The molecule has 0 atom stereocenters. The highest BCUT2D eigenvalue weighted by Crippen LogP contribution is 2.45. The lowest BCUT2D eigenvalue weighted by molar-refractivity contribution is 0.961. The lowest BCUT2D eigenvalue weighted by atomic mass is 10.0. The first-order chi connectivity index (χ1) is 8.86. The molecule has 0 saturated heterocycles. The van der Waals surface area contributed by atoms with E-state index in [1.54, 1.807) is 0 Å². The summed E-state index contributed by atoms with van der Waals surface area (Å²) < 4.78 is 0. The predicted octanol–water partition coefficient (Wildman–Crippen LogP) is 5.44. The van der Waals surface area contributed by atoms with E-state index in [-0.39, 0.29) is 0 Å². The summed E-state index contributed by atoms with van der Waals surface area (Å²) >= 11 is 0. The zero-order valence-corrected chi connectivity index (χ0v) is 11.0. The normalized spacial score (nSPS) is 18.1. The standard InChI is InChI=1S/C18H18/c1-3-5-10-15-14(4-2)16-11-6-8-13-9-7-12-17(15)18(13)16/h4,6-12H,3,5H2,1-2H3/b14-4+,15-10+. The summed E-state index contributed by atoms with van der Waals surface area (Å²) in [5.41, 5.74) is 5.62. The van der Waals surface area contributed by atoms with Crippen molar-refractivity contribution in [2.24, 2.45) is 0 Å². The van der Waals surface area contributed by atoms with Gasteiger partial charge >= 0.3 is 0 Å². The zero-order chi connectivity index (χ0) is 12.5. The average molecular weight is 234 g/mol. The maximum absolute atomic E-state index is 2.39. The molecule has 1 aliphatic rings. The first-order valence-electron chi connectivity index (χ1n) is 6.76. The van der Waals surface area contributed by atoms with Crippen LogP contribution in [0.5, 0.6) is 0 Å². The monoisotopic (exact) mass is 234 g/mol. The molecule has 0 radical (unpaired) electrons. The van der Waals surface area contributed by atoms with Crippen LogP contribution in [0.1, 0.15) is 37.8 Å². The summed E-state index contributed by atoms with van der Waals surface area (Å²) in [6.07, 6.45) is 6.99. The Morgan fingerprint density at radius 1 is 0.944 bits per heavy atom. The van der Waals surface area contributed by atoms with E-state index < -0.39 is 0 Å². The number of hydrogen-bond acceptors (Lipinski definition) is 0. The van der Waals surface area contributed by atoms with Crippen LogP contribution in [0.15, 0.2) is 48.6 Å². The van der Waals surface area contributed by atoms with Crippen molar-refractivity contribution in [3.05, 3.63) is 59.7 Å². The van der Waals surface area contributed by atoms with Crippen LogP contribution in [0.4, 0.5) is 0 Å². The van der Waals surface area contributed by atoms with Gasteiger partial charge in [-0.15, -0.1) is 0 Å². The van der Waals surface area contributed by atoms with Crippen LogP contribution in [-0.4, -0.2) is 0 Å². The molecule has 2 aromatic carbocycles. The van der Waals surface area contributed by atoms with Crippen molar-refractivity contribution in [3.8, 4) is 0 Å². The second kappa shape index (κ2) is 4.45. The molecule has 1 aliphatic carbocycles. The van der Waals surface area contributed by atoms with E-state index in [0.29, 0.717) is 0 Å². The van der Waals surface area contributed by atoms with Crippen molar-refractivity contribution < 1.29 is 0 Å². The number of rotatable bonds is 2. The van der Waals surface area contributed by atoms with Gasteiger partial charge in [-0.05, 0) is 46.4 Å². The highest BCUT2D eigenvalue weighted by molar-refractivity contribution is 6.22. The summed E-state index contributed by atoms with van der Waals surface area (Å²) in [6.45, 7) is 4.37. The maximum atomic E-state index is 2.39. The van der Waals surface area contributed by atoms with E-state index in [0.717, 1.165) is 6.42 Å². The Balaban J connectivity index is 2.33. The van der Waals surface area contributed by atoms with E-state index in [2.05, 4.69) is 62.4 Å². The Hall–Kier alpha value is -1.82. The molecule has 0 spiro atoms. The highest BCUT2D eigenvalue weighted by atomic mass is 14.2. The van der Waals surface area contributed by atoms with Gasteiger partial charge in [0.15, 0.2) is 0 Å². The van der Waals surface area contributed by atoms with Crippen molar-refractivity contribution >= 4 is 21.9 Å². The topological polar surface area (TPSA) is 0 Å². The van der Waals surface area contributed by atoms with E-state index >= 15 is 0 Å². The van der Waals surface area contributed by atoms with Crippen molar-refractivity contribution in [1.29, 1.82) is 0 Å². The molecule has 90 valence electrons. The van der Waals surface area contributed by atoms with Gasteiger partial charge in [0.1, 0.15) is 0 Å². The van der Waals surface area contributed by atoms with Gasteiger partial charge in [0.05, 0.1) is 0 Å². The number of unbranched alkanes of at least 4 members (excludes halogenated alkanes) is 1. The first-order valence-corrected chi connectivity index (χ1v) is 6.76. The maximum Gasteiger partial charge on any atom is -0.00266 e. The fourth-order valence-corrected chi connectivity index (χ4v) is 2.90. The molecule has 0 heterocycles. The third kappa shape index (κ3) is 1.53. The number of hydrogen-bond donors (Lipinski definition) is 0. The molecule has 0 amide bonds. The molecule has 3 rings (SSSR count). The molecule has 0 fully saturated rings. The van der Waals surface area contributed by atoms with Gasteiger partial charge in [-0.3, -0.25) is 0 Å². The van der Waals surface area contributed by atoms with Gasteiger partial charge in [0.25, 0.3) is 0 Å². The molecular weight excluding hydrogens is 216 g/mol. The lowest BCUT2D eigenvalue weighted by Gasteiger charge is -2.03. The molecule has 0 saturated carbocycles. The molecule has 0 aliphatic heterocycles. The Bertz CT molecular complexity index is 652. The van der Waals surface area contributed by atoms with Gasteiger partial charge in [-0.1, -0.05) is 61.9 Å². The summed E-state index contributed by atoms with van der Waals surface area (Å²) in [4.78, 5) is 0. The van der Waals surface area contributed by atoms with Crippen molar-refractivity contribution in [2.45, 2.75) is 26.7 Å². The average Bonchev–Trinajstić information content (AvgIpc) is 2.72. The molecule has 18 heavy (non-hydrogen) atoms. The van der Waals surface area contributed by atoms with Gasteiger partial charge in [-0.2, -0.15) is 0 Å². The van der Waals surface area contributed by atoms with Crippen LogP contribution < -0.4 is 0 Å². The summed E-state index contributed by atoms with van der Waals surface area (Å²) in [5.74, 6) is 0. The second-order valence-electron chi connectivity index (χ2n) is 4.82. The van der Waals surface area contributed by atoms with Crippen LogP contribution in [-0.2, 0) is 0 Å². The van der Waals surface area contributed by atoms with Crippen LogP contribution in [0.25, 0.3) is 21.9 Å². The largest absolute Gasteiger partial charge is 0.0791 e. The fourth-order valence-electron chi connectivity index (χ4n) is 2.90. The molecule has 0 bridgehead atoms. The van der Waals surface area contributed by atoms with E-state index in [4.69, 9.17) is 0 Å². The molecule has 0 aromatic heterocycles. The first kappa shape index (κ1) is 11.3. The predicted molar refractivity (Wildman–Crippen MR) is 80.5 cm³/mol. The Morgan fingerprint density at radius 3 is 2.22 bits per heavy atom. The van der Waals surface area contributed by atoms with Gasteiger partial charge in [0.2, 0.25) is 0 Å². The van der Waals surface area contributed by atoms with Gasteiger partial charge in [0, 0.05) is 0 Å². The highest BCUT2D eigenvalue weighted by Gasteiger charge is 2.22. The van der Waals surface area contributed by atoms with Crippen molar-refractivity contribution in [1.82, 2.24) is 0 Å². The molecule has 0 unspecified atom stereocenters. The third-order valence-corrected chi connectivity index (χ3v) is 3.70. The SMILES string of the molecule is C/C=C1\C(=C/CCC)c2cccc3cccc1c23. The minimum absolute atomic E-state index is 1.15. The van der Waals surface area contributed by atoms with Crippen LogP contribution >= 0.6 is 0 Å². The lowest BCUT2D eigenvalue weighted by Crippen LogP contribution is -1.80. The van der Waals surface area contributed by atoms with Gasteiger partial charge in [-0.25, -0.2) is 0 Å². The smallest absolute Gasteiger partial charge is 0.00266 e. The Labute approximate surface area is 109 Å². The van der Waals surface area contributed by atoms with Crippen LogP contribution in [0, 0.1) is 0 Å². The van der Waals surface area contributed by atoms with E-state index in [9.17, 15) is 0 Å². The minimum atomic E-state index is 1.15. The van der Waals surface area contributed by atoms with Crippen LogP contribution in [0.2, 0.25) is 0 Å². The van der Waals surface area contributed by atoms with E-state index in [1.807, 2.05) is 0 Å². The quantitative estimate of drug-likeness (QED) is 0.649. The molecular formula is C18H18. The molecule has 2 aromatic rings. The number of benzene rings is 2. The minimum Gasteiger partial charge on any atom is -0.0791 e. The second-order valence-corrected chi connectivity index (χ2v) is 4.82. The number of allylic oxidation sites excluding steroid dienone is 4. The Kier molecular flexibility index (Phi) is 2.79. The summed E-state index contributed by atoms with van der Waals surface area (Å²) in [5, 5.41) is 2.78. The van der Waals surface area contributed by atoms with Crippen molar-refractivity contribution in [3.63, 3.8) is 0 Å². The molecule has 0 heteroatoms. The third-order valence-electron chi connectivity index (χ3n) is 3.70. The zero-order valence-electron chi connectivity index (χ0n) is 11.0. The summed E-state index contributed by atoms with van der Waals surface area (Å²) in [7, 11) is 0. The molecule has 0 N–H and O–H groups in total. The van der Waals surface area contributed by atoms with Crippen LogP contribution in [0.3, 0.4) is 0 Å². The Morgan fingerprint density at radius 2 is 1.61 bits per heavy atom. The summed E-state index contributed by atoms with van der Waals surface area (Å²) in [6, 6.07) is 13.2.